The summed E-state index contributed by atoms with van der Waals surface area (Å²) in [5.41, 5.74) is 7.27. The highest BCUT2D eigenvalue weighted by Gasteiger charge is 2.02. The van der Waals surface area contributed by atoms with E-state index in [1.165, 1.54) is 19.3 Å². The average Bonchev–Trinajstić information content (AvgIpc) is 2.43. The Labute approximate surface area is 115 Å². The Morgan fingerprint density at radius 2 is 1.84 bits per heavy atom. The van der Waals surface area contributed by atoms with E-state index in [9.17, 15) is 4.79 Å². The number of nitrogens with two attached hydrogens (primary N) is 1. The number of hydrogen-bond donors (Lipinski definition) is 2. The molecule has 1 amide bonds. The number of anilines is 1. The Hall–Kier alpha value is -1.55. The highest BCUT2D eigenvalue weighted by molar-refractivity contribution is 5.84. The Kier molecular flexibility index (Phi) is 7.66. The van der Waals surface area contributed by atoms with Crippen LogP contribution in [-0.4, -0.2) is 12.7 Å². The lowest BCUT2D eigenvalue weighted by molar-refractivity contribution is 0.159. The van der Waals surface area contributed by atoms with Crippen LogP contribution in [0.5, 0.6) is 0 Å². The van der Waals surface area contributed by atoms with E-state index in [-0.39, 0.29) is 0 Å². The van der Waals surface area contributed by atoms with E-state index in [0.717, 1.165) is 24.1 Å². The van der Waals surface area contributed by atoms with Gasteiger partial charge in [-0.1, -0.05) is 44.7 Å². The summed E-state index contributed by atoms with van der Waals surface area (Å²) in [7, 11) is 0. The van der Waals surface area contributed by atoms with Crippen LogP contribution < -0.4 is 11.1 Å². The number of rotatable bonds is 8. The van der Waals surface area contributed by atoms with Gasteiger partial charge in [0.2, 0.25) is 0 Å². The van der Waals surface area contributed by atoms with Gasteiger partial charge < -0.3 is 10.5 Å². The van der Waals surface area contributed by atoms with Crippen LogP contribution in [0.2, 0.25) is 0 Å². The number of ether oxygens (including phenoxy) is 1. The molecule has 0 unspecified atom stereocenters. The van der Waals surface area contributed by atoms with Crippen molar-refractivity contribution < 1.29 is 9.53 Å². The molecular weight excluding hydrogens is 240 g/mol. The zero-order valence-corrected chi connectivity index (χ0v) is 11.7. The number of carbonyl (C=O) groups is 1. The first-order valence-electron chi connectivity index (χ1n) is 6.99. The number of nitrogens with one attached hydrogen (secondary N) is 1. The molecule has 106 valence electrons. The molecule has 1 aromatic rings. The Morgan fingerprint density at radius 1 is 1.16 bits per heavy atom. The van der Waals surface area contributed by atoms with Crippen molar-refractivity contribution in [3.63, 3.8) is 0 Å². The maximum absolute atomic E-state index is 11.5. The SMILES string of the molecule is CCCCCCCOC(=O)Nc1ccc(CN)cc1. The van der Waals surface area contributed by atoms with Crippen LogP contribution in [0.25, 0.3) is 0 Å². The van der Waals surface area contributed by atoms with Crippen LogP contribution in [0.4, 0.5) is 10.5 Å². The van der Waals surface area contributed by atoms with E-state index in [1.807, 2.05) is 24.3 Å². The summed E-state index contributed by atoms with van der Waals surface area (Å²) in [6.45, 7) is 3.17. The topological polar surface area (TPSA) is 64.3 Å². The van der Waals surface area contributed by atoms with Crippen LogP contribution in [0, 0.1) is 0 Å². The molecule has 0 radical (unpaired) electrons. The van der Waals surface area contributed by atoms with Gasteiger partial charge in [0.05, 0.1) is 6.61 Å². The van der Waals surface area contributed by atoms with E-state index < -0.39 is 6.09 Å². The molecule has 0 fully saturated rings. The Balaban J connectivity index is 2.16. The molecule has 0 spiro atoms. The fraction of sp³-hybridized carbons (Fsp3) is 0.533. The van der Waals surface area contributed by atoms with Gasteiger partial charge in [0, 0.05) is 12.2 Å². The third kappa shape index (κ3) is 6.82. The monoisotopic (exact) mass is 264 g/mol. The summed E-state index contributed by atoms with van der Waals surface area (Å²) in [6, 6.07) is 7.43. The van der Waals surface area contributed by atoms with E-state index in [0.29, 0.717) is 13.2 Å². The van der Waals surface area contributed by atoms with Crippen molar-refractivity contribution in [3.05, 3.63) is 29.8 Å². The zero-order valence-electron chi connectivity index (χ0n) is 11.7. The molecule has 0 saturated heterocycles. The molecule has 0 aliphatic carbocycles. The fourth-order valence-corrected chi connectivity index (χ4v) is 1.75. The lowest BCUT2D eigenvalue weighted by atomic mass is 10.2. The number of unbranched alkanes of at least 4 members (excludes halogenated alkanes) is 4. The predicted molar refractivity (Wildman–Crippen MR) is 78.1 cm³/mol. The summed E-state index contributed by atoms with van der Waals surface area (Å²) >= 11 is 0. The first-order valence-corrected chi connectivity index (χ1v) is 6.99. The molecule has 4 nitrogen and oxygen atoms in total. The predicted octanol–water partition coefficient (Wildman–Crippen LogP) is 3.66. The third-order valence-corrected chi connectivity index (χ3v) is 2.92. The molecule has 0 aromatic heterocycles. The van der Waals surface area contributed by atoms with Crippen molar-refractivity contribution in [1.82, 2.24) is 0 Å². The highest BCUT2D eigenvalue weighted by atomic mass is 16.5. The van der Waals surface area contributed by atoms with Crippen molar-refractivity contribution in [1.29, 1.82) is 0 Å². The maximum Gasteiger partial charge on any atom is 0.411 e. The minimum Gasteiger partial charge on any atom is -0.449 e. The molecule has 0 aliphatic rings. The second-order valence-corrected chi connectivity index (χ2v) is 4.58. The van der Waals surface area contributed by atoms with Gasteiger partial charge in [-0.15, -0.1) is 0 Å². The zero-order chi connectivity index (χ0) is 13.9. The van der Waals surface area contributed by atoms with E-state index >= 15 is 0 Å². The number of amides is 1. The van der Waals surface area contributed by atoms with Crippen molar-refractivity contribution >= 4 is 11.8 Å². The van der Waals surface area contributed by atoms with Gasteiger partial charge in [-0.05, 0) is 24.1 Å². The molecule has 4 heteroatoms. The van der Waals surface area contributed by atoms with Gasteiger partial charge in [0.1, 0.15) is 0 Å². The molecule has 19 heavy (non-hydrogen) atoms. The third-order valence-electron chi connectivity index (χ3n) is 2.92. The van der Waals surface area contributed by atoms with Crippen molar-refractivity contribution in [2.45, 2.75) is 45.6 Å². The van der Waals surface area contributed by atoms with Gasteiger partial charge in [0.25, 0.3) is 0 Å². The summed E-state index contributed by atoms with van der Waals surface area (Å²) < 4.78 is 5.11. The van der Waals surface area contributed by atoms with Crippen LogP contribution in [0.3, 0.4) is 0 Å². The largest absolute Gasteiger partial charge is 0.449 e. The molecule has 1 aromatic carbocycles. The van der Waals surface area contributed by atoms with Crippen molar-refractivity contribution in [2.24, 2.45) is 5.73 Å². The summed E-state index contributed by atoms with van der Waals surface area (Å²) in [4.78, 5) is 11.5. The first-order chi connectivity index (χ1) is 9.26. The number of hydrogen-bond acceptors (Lipinski definition) is 3. The average molecular weight is 264 g/mol. The molecule has 1 rings (SSSR count). The fourth-order valence-electron chi connectivity index (χ4n) is 1.75. The van der Waals surface area contributed by atoms with Crippen LogP contribution in [0.1, 0.15) is 44.6 Å². The Morgan fingerprint density at radius 3 is 2.47 bits per heavy atom. The van der Waals surface area contributed by atoms with Crippen molar-refractivity contribution in [3.8, 4) is 0 Å². The first kappa shape index (κ1) is 15.5. The minimum atomic E-state index is -0.393. The molecule has 0 bridgehead atoms. The van der Waals surface area contributed by atoms with Gasteiger partial charge in [-0.25, -0.2) is 4.79 Å². The number of benzene rings is 1. The van der Waals surface area contributed by atoms with Crippen LogP contribution in [-0.2, 0) is 11.3 Å². The highest BCUT2D eigenvalue weighted by Crippen LogP contribution is 2.09. The van der Waals surface area contributed by atoms with Crippen LogP contribution >= 0.6 is 0 Å². The molecule has 0 atom stereocenters. The molecule has 3 N–H and O–H groups in total. The minimum absolute atomic E-state index is 0.393. The van der Waals surface area contributed by atoms with E-state index in [4.69, 9.17) is 10.5 Å². The normalized spacial score (nSPS) is 10.2. The van der Waals surface area contributed by atoms with Gasteiger partial charge in [-0.2, -0.15) is 0 Å². The molecular formula is C15H24N2O2. The summed E-state index contributed by atoms with van der Waals surface area (Å²) in [5, 5.41) is 2.69. The van der Waals surface area contributed by atoms with Gasteiger partial charge in [0.15, 0.2) is 0 Å². The lowest BCUT2D eigenvalue weighted by Gasteiger charge is -2.07. The molecule has 0 aliphatic heterocycles. The molecule has 0 heterocycles. The van der Waals surface area contributed by atoms with E-state index in [2.05, 4.69) is 12.2 Å². The Bertz CT molecular complexity index is 363. The standard InChI is InChI=1S/C15H24N2O2/c1-2-3-4-5-6-11-19-15(18)17-14-9-7-13(12-16)8-10-14/h7-10H,2-6,11-12,16H2,1H3,(H,17,18). The van der Waals surface area contributed by atoms with Gasteiger partial charge in [-0.3, -0.25) is 5.32 Å². The molecule has 0 saturated carbocycles. The summed E-state index contributed by atoms with van der Waals surface area (Å²) in [6.07, 6.45) is 5.34. The quantitative estimate of drug-likeness (QED) is 0.704. The lowest BCUT2D eigenvalue weighted by Crippen LogP contribution is -2.14. The second-order valence-electron chi connectivity index (χ2n) is 4.58. The second kappa shape index (κ2) is 9.39. The smallest absolute Gasteiger partial charge is 0.411 e. The van der Waals surface area contributed by atoms with Crippen LogP contribution in [0.15, 0.2) is 24.3 Å². The summed E-state index contributed by atoms with van der Waals surface area (Å²) in [5.74, 6) is 0. The van der Waals surface area contributed by atoms with Crippen molar-refractivity contribution in [2.75, 3.05) is 11.9 Å². The maximum atomic E-state index is 11.5. The number of carbonyl (C=O) groups excluding carboxylic acids is 1. The van der Waals surface area contributed by atoms with Gasteiger partial charge >= 0.3 is 6.09 Å². The van der Waals surface area contributed by atoms with E-state index in [1.54, 1.807) is 0 Å².